The summed E-state index contributed by atoms with van der Waals surface area (Å²) in [5.41, 5.74) is 1.69. The van der Waals surface area contributed by atoms with Crippen molar-refractivity contribution in [3.63, 3.8) is 0 Å². The molecular weight excluding hydrogens is 304 g/mol. The van der Waals surface area contributed by atoms with Crippen molar-refractivity contribution >= 4 is 17.5 Å². The first-order chi connectivity index (χ1) is 11.8. The van der Waals surface area contributed by atoms with E-state index in [0.29, 0.717) is 18.1 Å². The number of rotatable bonds is 4. The van der Waals surface area contributed by atoms with Crippen molar-refractivity contribution < 1.29 is 4.79 Å². The highest BCUT2D eigenvalue weighted by Crippen LogP contribution is 2.21. The fourth-order valence-corrected chi connectivity index (χ4v) is 3.13. The van der Waals surface area contributed by atoms with Crippen LogP contribution in [0.5, 0.6) is 0 Å². The molecule has 0 spiro atoms. The Labute approximate surface area is 139 Å². The second-order valence-corrected chi connectivity index (χ2v) is 5.89. The molecule has 0 aromatic carbocycles. The van der Waals surface area contributed by atoms with Gasteiger partial charge in [0.2, 0.25) is 11.9 Å². The van der Waals surface area contributed by atoms with Crippen LogP contribution in [-0.2, 0) is 11.3 Å². The van der Waals surface area contributed by atoms with Gasteiger partial charge in [-0.15, -0.1) is 10.2 Å². The molecule has 1 unspecified atom stereocenters. The zero-order chi connectivity index (χ0) is 16.4. The number of pyridine rings is 2. The summed E-state index contributed by atoms with van der Waals surface area (Å²) in [5, 5.41) is 11.0. The zero-order valence-electron chi connectivity index (χ0n) is 13.2. The van der Waals surface area contributed by atoms with Gasteiger partial charge in [0.05, 0.1) is 11.7 Å². The first-order valence-electron chi connectivity index (χ1n) is 8.06. The number of nitrogens with zero attached hydrogens (tertiary/aromatic N) is 5. The Balaban J connectivity index is 1.49. The van der Waals surface area contributed by atoms with E-state index < -0.39 is 0 Å². The highest BCUT2D eigenvalue weighted by Gasteiger charge is 2.31. The third-order valence-corrected chi connectivity index (χ3v) is 4.31. The average molecular weight is 322 g/mol. The van der Waals surface area contributed by atoms with Gasteiger partial charge in [0.1, 0.15) is 0 Å². The molecule has 1 amide bonds. The maximum absolute atomic E-state index is 12.7. The van der Waals surface area contributed by atoms with Gasteiger partial charge in [0.25, 0.3) is 0 Å². The van der Waals surface area contributed by atoms with Crippen molar-refractivity contribution in [3.05, 3.63) is 54.5 Å². The Bertz CT molecular complexity index is 846. The van der Waals surface area contributed by atoms with Crippen LogP contribution in [0.1, 0.15) is 18.5 Å². The van der Waals surface area contributed by atoms with Crippen LogP contribution in [-0.4, -0.2) is 43.0 Å². The van der Waals surface area contributed by atoms with Crippen molar-refractivity contribution in [3.8, 4) is 0 Å². The minimum atomic E-state index is -0.164. The summed E-state index contributed by atoms with van der Waals surface area (Å²) in [6, 6.07) is 11.3. The van der Waals surface area contributed by atoms with Crippen LogP contribution >= 0.6 is 0 Å². The molecule has 3 aromatic heterocycles. The maximum atomic E-state index is 12.7. The van der Waals surface area contributed by atoms with Crippen LogP contribution in [0.2, 0.25) is 0 Å². The Hall–Kier alpha value is -2.80. The number of carbonyl (C=O) groups is 1. The number of anilines is 1. The molecule has 7 nitrogen and oxygen atoms in total. The van der Waals surface area contributed by atoms with E-state index in [1.54, 1.807) is 10.6 Å². The van der Waals surface area contributed by atoms with Crippen molar-refractivity contribution in [2.24, 2.45) is 0 Å². The van der Waals surface area contributed by atoms with Gasteiger partial charge in [-0.3, -0.25) is 24.4 Å². The molecule has 0 saturated carbocycles. The average Bonchev–Trinajstić information content (AvgIpc) is 3.23. The monoisotopic (exact) mass is 322 g/mol. The fraction of sp³-hybridized carbons (Fsp3) is 0.294. The first kappa shape index (κ1) is 14.8. The molecule has 1 aliphatic heterocycles. The minimum Gasteiger partial charge on any atom is -0.293 e. The Morgan fingerprint density at radius 3 is 3.00 bits per heavy atom. The van der Waals surface area contributed by atoms with E-state index in [9.17, 15) is 4.79 Å². The molecule has 1 fully saturated rings. The molecule has 0 bridgehead atoms. The van der Waals surface area contributed by atoms with E-state index in [-0.39, 0.29) is 11.9 Å². The number of hydrogen-bond donors (Lipinski definition) is 1. The first-order valence-corrected chi connectivity index (χ1v) is 8.06. The lowest BCUT2D eigenvalue weighted by Gasteiger charge is -2.22. The number of aromatic nitrogens is 4. The summed E-state index contributed by atoms with van der Waals surface area (Å²) in [7, 11) is 0. The molecule has 0 aliphatic carbocycles. The standard InChI is InChI=1S/C17H18N6O/c24-16(19-17-21-20-15-8-2-4-11-23(15)17)14-7-5-10-22(14)12-13-6-1-3-9-18-13/h1-4,6,8-9,11,14H,5,7,10,12H2,(H,19,21,24). The molecular formula is C17H18N6O. The molecule has 1 aliphatic rings. The number of carbonyl (C=O) groups excluding carboxylic acids is 1. The molecule has 1 atom stereocenters. The highest BCUT2D eigenvalue weighted by atomic mass is 16.2. The lowest BCUT2D eigenvalue weighted by atomic mass is 10.2. The van der Waals surface area contributed by atoms with Crippen molar-refractivity contribution in [1.82, 2.24) is 24.5 Å². The van der Waals surface area contributed by atoms with Crippen LogP contribution in [0.3, 0.4) is 0 Å². The number of amides is 1. The quantitative estimate of drug-likeness (QED) is 0.792. The molecule has 1 saturated heterocycles. The van der Waals surface area contributed by atoms with Gasteiger partial charge in [0.15, 0.2) is 5.65 Å². The van der Waals surface area contributed by atoms with Crippen molar-refractivity contribution in [1.29, 1.82) is 0 Å². The van der Waals surface area contributed by atoms with Crippen LogP contribution in [0.25, 0.3) is 5.65 Å². The zero-order valence-corrected chi connectivity index (χ0v) is 13.2. The molecule has 0 radical (unpaired) electrons. The summed E-state index contributed by atoms with van der Waals surface area (Å²) in [5.74, 6) is 0.418. The van der Waals surface area contributed by atoms with E-state index in [4.69, 9.17) is 0 Å². The Kier molecular flexibility index (Phi) is 3.92. The van der Waals surface area contributed by atoms with E-state index >= 15 is 0 Å². The van der Waals surface area contributed by atoms with Crippen LogP contribution in [0.15, 0.2) is 48.8 Å². The van der Waals surface area contributed by atoms with Gasteiger partial charge in [-0.1, -0.05) is 12.1 Å². The Morgan fingerprint density at radius 1 is 1.21 bits per heavy atom. The maximum Gasteiger partial charge on any atom is 0.244 e. The number of nitrogens with one attached hydrogen (secondary N) is 1. The molecule has 7 heteroatoms. The highest BCUT2D eigenvalue weighted by molar-refractivity contribution is 5.93. The normalized spacial score (nSPS) is 18.1. The van der Waals surface area contributed by atoms with Crippen LogP contribution in [0.4, 0.5) is 5.95 Å². The summed E-state index contributed by atoms with van der Waals surface area (Å²) in [4.78, 5) is 19.2. The molecule has 24 heavy (non-hydrogen) atoms. The summed E-state index contributed by atoms with van der Waals surface area (Å²) >= 11 is 0. The Morgan fingerprint density at radius 2 is 2.12 bits per heavy atom. The predicted octanol–water partition coefficient (Wildman–Crippen LogP) is 1.73. The summed E-state index contributed by atoms with van der Waals surface area (Å²) < 4.78 is 1.77. The van der Waals surface area contributed by atoms with E-state index in [2.05, 4.69) is 25.4 Å². The molecule has 4 rings (SSSR count). The van der Waals surface area contributed by atoms with Gasteiger partial charge < -0.3 is 0 Å². The predicted molar refractivity (Wildman–Crippen MR) is 89.3 cm³/mol. The van der Waals surface area contributed by atoms with Crippen LogP contribution in [0, 0.1) is 0 Å². The van der Waals surface area contributed by atoms with Crippen LogP contribution < -0.4 is 5.32 Å². The summed E-state index contributed by atoms with van der Waals surface area (Å²) in [6.07, 6.45) is 5.47. The lowest BCUT2D eigenvalue weighted by Crippen LogP contribution is -2.39. The largest absolute Gasteiger partial charge is 0.293 e. The van der Waals surface area contributed by atoms with Gasteiger partial charge in [-0.2, -0.15) is 0 Å². The van der Waals surface area contributed by atoms with Gasteiger partial charge in [-0.25, -0.2) is 0 Å². The second kappa shape index (κ2) is 6.37. The molecule has 4 heterocycles. The van der Waals surface area contributed by atoms with Crippen molar-refractivity contribution in [2.45, 2.75) is 25.4 Å². The van der Waals surface area contributed by atoms with Gasteiger partial charge in [-0.05, 0) is 43.7 Å². The number of fused-ring (bicyclic) bond motifs is 1. The second-order valence-electron chi connectivity index (χ2n) is 5.89. The SMILES string of the molecule is O=C(Nc1nnc2ccccn12)C1CCCN1Cc1ccccn1. The van der Waals surface area contributed by atoms with E-state index in [0.717, 1.165) is 25.1 Å². The third-order valence-electron chi connectivity index (χ3n) is 4.31. The summed E-state index contributed by atoms with van der Waals surface area (Å²) in [6.45, 7) is 1.58. The number of likely N-dealkylation sites (tertiary alicyclic amines) is 1. The van der Waals surface area contributed by atoms with E-state index in [1.165, 1.54) is 0 Å². The fourth-order valence-electron chi connectivity index (χ4n) is 3.13. The van der Waals surface area contributed by atoms with Gasteiger partial charge >= 0.3 is 0 Å². The van der Waals surface area contributed by atoms with Crippen molar-refractivity contribution in [2.75, 3.05) is 11.9 Å². The molecule has 122 valence electrons. The van der Waals surface area contributed by atoms with E-state index in [1.807, 2.05) is 42.6 Å². The smallest absolute Gasteiger partial charge is 0.244 e. The minimum absolute atomic E-state index is 0.0402. The van der Waals surface area contributed by atoms with Gasteiger partial charge in [0, 0.05) is 18.9 Å². The molecule has 1 N–H and O–H groups in total. The number of hydrogen-bond acceptors (Lipinski definition) is 5. The lowest BCUT2D eigenvalue weighted by molar-refractivity contribution is -0.120. The molecule has 3 aromatic rings. The third kappa shape index (κ3) is 2.85. The topological polar surface area (TPSA) is 75.4 Å².